The third-order valence-corrected chi connectivity index (χ3v) is 10.4. The van der Waals surface area contributed by atoms with Gasteiger partial charge in [-0.3, -0.25) is 24.9 Å². The van der Waals surface area contributed by atoms with Crippen molar-refractivity contribution in [1.29, 1.82) is 0 Å². The van der Waals surface area contributed by atoms with Crippen LogP contribution < -0.4 is 16.5 Å². The molecule has 2 aliphatic heterocycles. The van der Waals surface area contributed by atoms with Gasteiger partial charge in [-0.15, -0.1) is 5.11 Å². The number of nitrogens with two attached hydrogens (primary N) is 2. The molecule has 4 heterocycles. The first-order chi connectivity index (χ1) is 25.9. The van der Waals surface area contributed by atoms with Gasteiger partial charge < -0.3 is 16.4 Å². The van der Waals surface area contributed by atoms with E-state index in [1.807, 2.05) is 37.4 Å². The van der Waals surface area contributed by atoms with Crippen molar-refractivity contribution in [3.63, 3.8) is 0 Å². The van der Waals surface area contributed by atoms with E-state index in [1.54, 1.807) is 23.5 Å². The van der Waals surface area contributed by atoms with Gasteiger partial charge in [0.05, 0.1) is 18.1 Å². The Labute approximate surface area is 316 Å². The highest BCUT2D eigenvalue weighted by Crippen LogP contribution is 2.24. The molecule has 5 rings (SSSR count). The van der Waals surface area contributed by atoms with Gasteiger partial charge >= 0.3 is 0 Å². The molecule has 0 saturated carbocycles. The number of rotatable bonds is 17. The number of allylic oxidation sites excluding steroid dienone is 7. The summed E-state index contributed by atoms with van der Waals surface area (Å²) in [4.78, 5) is 23.4. The minimum absolute atomic E-state index is 0.451. The van der Waals surface area contributed by atoms with Crippen LogP contribution in [0.4, 0.5) is 11.4 Å². The Balaban J connectivity index is 0.989. The summed E-state index contributed by atoms with van der Waals surface area (Å²) in [5, 5.41) is 10.3. The summed E-state index contributed by atoms with van der Waals surface area (Å²) in [5.74, 6) is 2.96. The highest BCUT2D eigenvalue weighted by Gasteiger charge is 2.21. The molecule has 53 heavy (non-hydrogen) atoms. The predicted octanol–water partition coefficient (Wildman–Crippen LogP) is 7.05. The largest absolute Gasteiger partial charge is 0.382 e. The molecule has 0 amide bonds. The molecule has 1 atom stereocenters. The van der Waals surface area contributed by atoms with Crippen molar-refractivity contribution in [1.82, 2.24) is 19.8 Å². The molecule has 2 saturated heterocycles. The van der Waals surface area contributed by atoms with Crippen LogP contribution >= 0.6 is 0 Å². The molecule has 0 bridgehead atoms. The van der Waals surface area contributed by atoms with E-state index in [2.05, 4.69) is 90.0 Å². The molecule has 2 fully saturated rings. The second kappa shape index (κ2) is 21.1. The lowest BCUT2D eigenvalue weighted by Gasteiger charge is -2.33. The lowest BCUT2D eigenvalue weighted by molar-refractivity contribution is 0.166. The summed E-state index contributed by atoms with van der Waals surface area (Å²) < 4.78 is 0. The third-order valence-electron chi connectivity index (χ3n) is 10.4. The number of aromatic nitrogens is 2. The van der Waals surface area contributed by atoms with Gasteiger partial charge in [0, 0.05) is 33.2 Å². The van der Waals surface area contributed by atoms with Gasteiger partial charge in [-0.05, 0) is 120 Å². The quantitative estimate of drug-likeness (QED) is 0.0589. The first-order valence-corrected chi connectivity index (χ1v) is 19.3. The fraction of sp³-hybridized carbons (Fsp3) is 0.476. The number of amidine groups is 2. The van der Waals surface area contributed by atoms with E-state index in [4.69, 9.17) is 11.5 Å². The maximum Gasteiger partial charge on any atom is 0.144 e. The molecule has 1 aliphatic carbocycles. The number of aliphatic imine (C=N–C) groups is 2. The Morgan fingerprint density at radius 3 is 2.08 bits per heavy atom. The smallest absolute Gasteiger partial charge is 0.144 e. The second-order valence-corrected chi connectivity index (χ2v) is 14.5. The molecule has 4 N–H and O–H groups in total. The van der Waals surface area contributed by atoms with Crippen LogP contribution in [-0.2, 0) is 0 Å². The summed E-state index contributed by atoms with van der Waals surface area (Å²) in [7, 11) is 1.82. The molecule has 1 unspecified atom stereocenters. The van der Waals surface area contributed by atoms with Gasteiger partial charge in [0.15, 0.2) is 0 Å². The maximum atomic E-state index is 6.31. The number of pyridine rings is 2. The summed E-state index contributed by atoms with van der Waals surface area (Å²) in [5.41, 5.74) is 16.7. The zero-order valence-electron chi connectivity index (χ0n) is 31.8. The predicted molar refractivity (Wildman–Crippen MR) is 220 cm³/mol. The highest BCUT2D eigenvalue weighted by atomic mass is 15.5. The lowest BCUT2D eigenvalue weighted by atomic mass is 9.92. The minimum atomic E-state index is 0.451. The first-order valence-electron chi connectivity index (χ1n) is 19.3. The van der Waals surface area contributed by atoms with Gasteiger partial charge in [0.2, 0.25) is 0 Å². The normalized spacial score (nSPS) is 20.2. The van der Waals surface area contributed by atoms with E-state index in [9.17, 15) is 0 Å². The summed E-state index contributed by atoms with van der Waals surface area (Å²) in [6.45, 7) is 14.1. The summed E-state index contributed by atoms with van der Waals surface area (Å²) in [6, 6.07) is 7.47. The fourth-order valence-corrected chi connectivity index (χ4v) is 7.09. The monoisotopic (exact) mass is 717 g/mol. The zero-order chi connectivity index (χ0) is 37.3. The molecular formula is C42H59N11. The molecule has 11 heteroatoms. The number of hydrogen-bond donors (Lipinski definition) is 2. The van der Waals surface area contributed by atoms with Crippen LogP contribution in [0.15, 0.2) is 118 Å². The standard InChI is InChI=1S/C42H59N11/c1-4-5-7-10-33(2)31-52-25-19-34(20-26-52)17-23-45-41(43)39-15-13-37(29-47-39)49-50-51(3)38-14-16-40(48-30-38)42(44)46-24-18-35-21-27-53(28-22-35)32-36-11-8-6-9-12-36/h4-11,13-16,29-30,34-36H,1,12,17-28,31-32H2,2-3H3,(H2,43,45)(H2,44,46)/b7-5-,33-10+,50-49?. The van der Waals surface area contributed by atoms with Crippen molar-refractivity contribution in [2.24, 2.45) is 49.5 Å². The Hall–Kier alpha value is -4.74. The molecule has 3 aliphatic rings. The van der Waals surface area contributed by atoms with Crippen LogP contribution in [0.25, 0.3) is 0 Å². The van der Waals surface area contributed by atoms with E-state index in [-0.39, 0.29) is 0 Å². The van der Waals surface area contributed by atoms with Crippen molar-refractivity contribution in [3.05, 3.63) is 109 Å². The van der Waals surface area contributed by atoms with E-state index in [0.29, 0.717) is 53.0 Å². The number of nitrogens with zero attached hydrogens (tertiary/aromatic N) is 9. The van der Waals surface area contributed by atoms with Crippen molar-refractivity contribution < 1.29 is 0 Å². The third kappa shape index (κ3) is 13.3. The highest BCUT2D eigenvalue weighted by molar-refractivity contribution is 5.96. The van der Waals surface area contributed by atoms with E-state index in [0.717, 1.165) is 51.1 Å². The maximum absolute atomic E-state index is 6.31. The van der Waals surface area contributed by atoms with Gasteiger partial charge in [0.25, 0.3) is 0 Å². The van der Waals surface area contributed by atoms with Crippen LogP contribution in [0.3, 0.4) is 0 Å². The molecule has 11 nitrogen and oxygen atoms in total. The molecule has 2 aromatic rings. The lowest BCUT2D eigenvalue weighted by Crippen LogP contribution is -2.37. The number of piperidine rings is 2. The van der Waals surface area contributed by atoms with Crippen LogP contribution in [0.2, 0.25) is 0 Å². The summed E-state index contributed by atoms with van der Waals surface area (Å²) in [6.07, 6.45) is 28.4. The Morgan fingerprint density at radius 2 is 1.51 bits per heavy atom. The molecule has 0 spiro atoms. The molecular weight excluding hydrogens is 659 g/mol. The van der Waals surface area contributed by atoms with Crippen molar-refractivity contribution in [2.45, 2.75) is 51.9 Å². The molecule has 2 aromatic heterocycles. The second-order valence-electron chi connectivity index (χ2n) is 14.5. The van der Waals surface area contributed by atoms with E-state index in [1.165, 1.54) is 50.9 Å². The van der Waals surface area contributed by atoms with E-state index >= 15 is 0 Å². The molecule has 282 valence electrons. The van der Waals surface area contributed by atoms with Crippen LogP contribution in [0.1, 0.15) is 63.3 Å². The average Bonchev–Trinajstić information content (AvgIpc) is 3.19. The van der Waals surface area contributed by atoms with Crippen LogP contribution in [0.5, 0.6) is 0 Å². The van der Waals surface area contributed by atoms with Gasteiger partial charge in [-0.1, -0.05) is 66.0 Å². The number of likely N-dealkylation sites (tertiary alicyclic amines) is 2. The first kappa shape index (κ1) is 39.5. The minimum Gasteiger partial charge on any atom is -0.382 e. The zero-order valence-corrected chi connectivity index (χ0v) is 31.8. The summed E-state index contributed by atoms with van der Waals surface area (Å²) >= 11 is 0. The molecule has 0 aromatic carbocycles. The molecule has 0 radical (unpaired) electrons. The number of hydrogen-bond acceptors (Lipinski definition) is 8. The topological polar surface area (TPSA) is 137 Å². The van der Waals surface area contributed by atoms with Crippen molar-refractivity contribution >= 4 is 23.0 Å². The van der Waals surface area contributed by atoms with Gasteiger partial charge in [-0.25, -0.2) is 5.01 Å². The average molecular weight is 718 g/mol. The number of anilines is 1. The fourth-order valence-electron chi connectivity index (χ4n) is 7.09. The van der Waals surface area contributed by atoms with Gasteiger partial charge in [-0.2, -0.15) is 0 Å². The van der Waals surface area contributed by atoms with Crippen LogP contribution in [-0.4, -0.2) is 90.8 Å². The SMILES string of the molecule is C=C/C=C\C=C(/C)CN1CCC(CCN=C(N)c2ccc(N=NN(C)c3ccc(C(N)=NCCC4CCN(CC5C=CC=CC5)CC4)nc3)cn2)CC1. The Bertz CT molecular complexity index is 1640. The van der Waals surface area contributed by atoms with Gasteiger partial charge in [0.1, 0.15) is 28.7 Å². The Morgan fingerprint density at radius 1 is 0.868 bits per heavy atom. The van der Waals surface area contributed by atoms with E-state index < -0.39 is 0 Å². The van der Waals surface area contributed by atoms with Crippen molar-refractivity contribution in [3.8, 4) is 0 Å². The Kier molecular flexibility index (Phi) is 15.7. The van der Waals surface area contributed by atoms with Crippen molar-refractivity contribution in [2.75, 3.05) is 64.4 Å². The van der Waals surface area contributed by atoms with Crippen LogP contribution in [0, 0.1) is 17.8 Å².